The Morgan fingerprint density at radius 1 is 0.848 bits per heavy atom. The maximum Gasteiger partial charge on any atom is 0.364 e. The number of aliphatic hydroxyl groups is 10. The van der Waals surface area contributed by atoms with Gasteiger partial charge in [0.2, 0.25) is 11.8 Å². The highest BCUT2D eigenvalue weighted by molar-refractivity contribution is 5.76. The van der Waals surface area contributed by atoms with E-state index in [1.807, 2.05) is 0 Å². The average Bonchev–Trinajstić information content (AvgIpc) is 2.99. The van der Waals surface area contributed by atoms with Gasteiger partial charge in [0, 0.05) is 20.3 Å². The minimum Gasteiger partial charge on any atom is -0.477 e. The van der Waals surface area contributed by atoms with E-state index in [2.05, 4.69) is 10.6 Å². The van der Waals surface area contributed by atoms with E-state index in [-0.39, 0.29) is 0 Å². The monoisotopic (exact) mass is 674 g/mol. The molecule has 3 fully saturated rings. The van der Waals surface area contributed by atoms with Crippen LogP contribution in [0, 0.1) is 0 Å². The number of carbonyl (C=O) groups excluding carboxylic acids is 2. The lowest BCUT2D eigenvalue weighted by molar-refractivity contribution is -0.380. The molecule has 0 spiro atoms. The number of amides is 2. The van der Waals surface area contributed by atoms with Crippen molar-refractivity contribution in [1.29, 1.82) is 0 Å². The topological polar surface area (TPSA) is 344 Å². The molecule has 21 heteroatoms. The highest BCUT2D eigenvalue weighted by Crippen LogP contribution is 2.38. The fourth-order valence-electron chi connectivity index (χ4n) is 5.56. The van der Waals surface area contributed by atoms with Gasteiger partial charge in [0.25, 0.3) is 5.79 Å². The Kier molecular flexibility index (Phi) is 13.1. The van der Waals surface area contributed by atoms with Crippen LogP contribution in [0.3, 0.4) is 0 Å². The van der Waals surface area contributed by atoms with Crippen molar-refractivity contribution in [3.05, 3.63) is 0 Å². The van der Waals surface area contributed by atoms with Gasteiger partial charge in [-0.1, -0.05) is 0 Å². The first-order valence-electron chi connectivity index (χ1n) is 14.2. The molecule has 1 unspecified atom stereocenters. The highest BCUT2D eigenvalue weighted by Gasteiger charge is 2.60. The number of aliphatic hydroxyl groups excluding tert-OH is 10. The number of carbonyl (C=O) groups is 3. The molecule has 266 valence electrons. The molecule has 46 heavy (non-hydrogen) atoms. The van der Waals surface area contributed by atoms with Crippen molar-refractivity contribution in [3.8, 4) is 0 Å². The van der Waals surface area contributed by atoms with Crippen molar-refractivity contribution in [2.45, 2.75) is 118 Å². The average molecular weight is 675 g/mol. The van der Waals surface area contributed by atoms with E-state index >= 15 is 0 Å². The predicted octanol–water partition coefficient (Wildman–Crippen LogP) is -8.08. The first-order valence-corrected chi connectivity index (χ1v) is 14.2. The number of carboxylic acids is 1. The molecule has 0 radical (unpaired) electrons. The van der Waals surface area contributed by atoms with Crippen LogP contribution in [0.15, 0.2) is 0 Å². The fourth-order valence-corrected chi connectivity index (χ4v) is 5.56. The Balaban J connectivity index is 1.98. The lowest BCUT2D eigenvalue weighted by Gasteiger charge is -2.50. The molecule has 0 aromatic carbocycles. The minimum atomic E-state index is -3.04. The first-order chi connectivity index (χ1) is 21.5. The molecule has 0 aliphatic carbocycles. The summed E-state index contributed by atoms with van der Waals surface area (Å²) in [5.41, 5.74) is 0. The van der Waals surface area contributed by atoms with Crippen molar-refractivity contribution in [3.63, 3.8) is 0 Å². The number of hydrogen-bond acceptors (Lipinski definition) is 18. The largest absolute Gasteiger partial charge is 0.477 e. The Morgan fingerprint density at radius 3 is 1.91 bits per heavy atom. The molecule has 21 nitrogen and oxygen atoms in total. The molecule has 3 heterocycles. The molecule has 0 saturated carbocycles. The maximum atomic E-state index is 12.6. The second-order valence-corrected chi connectivity index (χ2v) is 11.2. The van der Waals surface area contributed by atoms with Crippen LogP contribution in [0.1, 0.15) is 20.3 Å². The summed E-state index contributed by atoms with van der Waals surface area (Å²) in [6.45, 7) is -0.777. The molecule has 2 amide bonds. The number of ether oxygens (including phenoxy) is 5. The number of hydrogen-bond donors (Lipinski definition) is 13. The lowest BCUT2D eigenvalue weighted by Crippen LogP contribution is -2.71. The van der Waals surface area contributed by atoms with Crippen LogP contribution in [0.4, 0.5) is 0 Å². The van der Waals surface area contributed by atoms with Crippen molar-refractivity contribution in [2.24, 2.45) is 0 Å². The van der Waals surface area contributed by atoms with E-state index in [0.29, 0.717) is 0 Å². The third kappa shape index (κ3) is 8.08. The minimum absolute atomic E-state index is 0.720. The van der Waals surface area contributed by atoms with Gasteiger partial charge in [-0.15, -0.1) is 0 Å². The second kappa shape index (κ2) is 15.8. The molecule has 13 N–H and O–H groups in total. The van der Waals surface area contributed by atoms with Crippen LogP contribution in [0.5, 0.6) is 0 Å². The standard InChI is InChI=1S/C25H42N2O19/c1-7(31)26-13-9(33)3-25(24(40)41,45-20(13)15(35)10(34)4-28)46-21-17(37)12(6-30)43-23(18(21)38)44-19-14(27-8(2)32)22(39)42-11(5-29)16(19)36/h9-23,28-30,33-39H,3-6H2,1-2H3,(H,26,31)(H,27,32)(H,40,41)/t9-,10+,11+,12+,13+,14+,15+,16-,17-,18+,19+,20+,21-,22-,23?,25-/m0/s1. The molecule has 16 atom stereocenters. The van der Waals surface area contributed by atoms with Gasteiger partial charge >= 0.3 is 5.97 Å². The Labute approximate surface area is 260 Å². The van der Waals surface area contributed by atoms with Crippen LogP contribution in [-0.4, -0.2) is 191 Å². The molecule has 3 saturated heterocycles. The highest BCUT2D eigenvalue weighted by atomic mass is 16.8. The molecule has 3 aliphatic heterocycles. The van der Waals surface area contributed by atoms with Gasteiger partial charge in [-0.3, -0.25) is 9.59 Å². The number of aliphatic carboxylic acids is 1. The zero-order valence-electron chi connectivity index (χ0n) is 24.7. The Morgan fingerprint density at radius 2 is 1.39 bits per heavy atom. The summed E-state index contributed by atoms with van der Waals surface area (Å²) in [4.78, 5) is 36.2. The molecule has 3 aliphatic rings. The number of rotatable bonds is 12. The number of carboxylic acid groups (broad SMARTS) is 1. The van der Waals surface area contributed by atoms with Gasteiger partial charge < -0.3 is 90.5 Å². The summed E-state index contributed by atoms with van der Waals surface area (Å²) in [6, 6.07) is -3.08. The van der Waals surface area contributed by atoms with Gasteiger partial charge in [0.15, 0.2) is 12.6 Å². The number of nitrogens with one attached hydrogen (secondary N) is 2. The molecular weight excluding hydrogens is 632 g/mol. The summed E-state index contributed by atoms with van der Waals surface area (Å²) in [7, 11) is 0. The second-order valence-electron chi connectivity index (χ2n) is 11.2. The van der Waals surface area contributed by atoms with E-state index in [4.69, 9.17) is 23.7 Å². The smallest absolute Gasteiger partial charge is 0.364 e. The molecule has 3 rings (SSSR count). The third-order valence-corrected chi connectivity index (χ3v) is 7.87. The third-order valence-electron chi connectivity index (χ3n) is 7.87. The van der Waals surface area contributed by atoms with E-state index in [0.717, 1.165) is 13.8 Å². The van der Waals surface area contributed by atoms with Crippen LogP contribution in [0.25, 0.3) is 0 Å². The Bertz CT molecular complexity index is 1050. The van der Waals surface area contributed by atoms with Crippen LogP contribution in [-0.2, 0) is 38.1 Å². The van der Waals surface area contributed by atoms with E-state index < -0.39 is 142 Å². The van der Waals surface area contributed by atoms with Gasteiger partial charge in [-0.25, -0.2) is 4.79 Å². The van der Waals surface area contributed by atoms with Gasteiger partial charge in [0.1, 0.15) is 67.1 Å². The first kappa shape index (κ1) is 38.3. The summed E-state index contributed by atoms with van der Waals surface area (Å²) in [5.74, 6) is -6.50. The van der Waals surface area contributed by atoms with Gasteiger partial charge in [-0.2, -0.15) is 0 Å². The SMILES string of the molecule is CC(=O)N[C@@H]1[C@@H](OC2O[C@H](CO)[C@H](O)[C@H](O[C@]3(C(=O)O)C[C@H](O)[C@@H](NC(C)=O)[C@H]([C@H](O)[C@H](O)CO)O3)[C@H]2O)[C@@H](O)[C@@H](CO)O[C@@H]1O. The van der Waals surface area contributed by atoms with Gasteiger partial charge in [-0.05, 0) is 0 Å². The zero-order chi connectivity index (χ0) is 34.7. The molecule has 0 aromatic heterocycles. The maximum absolute atomic E-state index is 12.6. The van der Waals surface area contributed by atoms with E-state index in [1.54, 1.807) is 0 Å². The van der Waals surface area contributed by atoms with Crippen LogP contribution in [0.2, 0.25) is 0 Å². The van der Waals surface area contributed by atoms with Gasteiger partial charge in [0.05, 0.1) is 32.0 Å². The normalized spacial score (nSPS) is 42.9. The van der Waals surface area contributed by atoms with Crippen LogP contribution < -0.4 is 10.6 Å². The summed E-state index contributed by atoms with van der Waals surface area (Å²) >= 11 is 0. The van der Waals surface area contributed by atoms with E-state index in [9.17, 15) is 70.6 Å². The summed E-state index contributed by atoms with van der Waals surface area (Å²) in [5, 5.41) is 118. The molecule has 0 bridgehead atoms. The summed E-state index contributed by atoms with van der Waals surface area (Å²) < 4.78 is 27.3. The van der Waals surface area contributed by atoms with Crippen molar-refractivity contribution < 1.29 is 94.2 Å². The molecular formula is C25H42N2O19. The van der Waals surface area contributed by atoms with E-state index in [1.165, 1.54) is 0 Å². The van der Waals surface area contributed by atoms with Crippen molar-refractivity contribution in [1.82, 2.24) is 10.6 Å². The zero-order valence-corrected chi connectivity index (χ0v) is 24.7. The predicted molar refractivity (Wildman–Crippen MR) is 142 cm³/mol. The summed E-state index contributed by atoms with van der Waals surface area (Å²) in [6.07, 6.45) is -25.8. The van der Waals surface area contributed by atoms with Crippen molar-refractivity contribution >= 4 is 17.8 Å². The van der Waals surface area contributed by atoms with Crippen molar-refractivity contribution in [2.75, 3.05) is 19.8 Å². The van der Waals surface area contributed by atoms with Crippen LogP contribution >= 0.6 is 0 Å². The lowest BCUT2D eigenvalue weighted by atomic mass is 9.88. The Hall–Kier alpha value is -2.19. The quantitative estimate of drug-likeness (QED) is 0.0913. The molecule has 0 aromatic rings. The fraction of sp³-hybridized carbons (Fsp3) is 0.880.